The third-order valence-electron chi connectivity index (χ3n) is 7.42. The molecule has 0 aromatic carbocycles. The smallest absolute Gasteiger partial charge is 0.333 e. The van der Waals surface area contributed by atoms with Crippen molar-refractivity contribution in [3.63, 3.8) is 0 Å². The summed E-state index contributed by atoms with van der Waals surface area (Å²) in [5, 5.41) is 6.02. The molecular formula is C33H55N3O10. The van der Waals surface area contributed by atoms with Crippen LogP contribution in [0.25, 0.3) is 0 Å². The second kappa shape index (κ2) is 25.7. The predicted molar refractivity (Wildman–Crippen MR) is 168 cm³/mol. The highest BCUT2D eigenvalue weighted by Gasteiger charge is 2.32. The number of unbranched alkanes of at least 4 members (excludes halogenated alkanes) is 10. The topological polar surface area (TPSA) is 174 Å². The first kappa shape index (κ1) is 40.5. The van der Waals surface area contributed by atoms with Gasteiger partial charge in [-0.1, -0.05) is 71.6 Å². The Bertz CT molecular complexity index is 955. The van der Waals surface area contributed by atoms with E-state index in [4.69, 9.17) is 14.3 Å². The molecule has 46 heavy (non-hydrogen) atoms. The summed E-state index contributed by atoms with van der Waals surface area (Å²) in [4.78, 5) is 88.7. The highest BCUT2D eigenvalue weighted by molar-refractivity contribution is 6.01. The van der Waals surface area contributed by atoms with Gasteiger partial charge in [0.1, 0.15) is 6.04 Å². The Hall–Kier alpha value is -3.51. The zero-order valence-corrected chi connectivity index (χ0v) is 27.9. The number of ether oxygens (including phenoxy) is 2. The summed E-state index contributed by atoms with van der Waals surface area (Å²) >= 11 is 0. The van der Waals surface area contributed by atoms with Crippen molar-refractivity contribution in [2.75, 3.05) is 19.8 Å². The highest BCUT2D eigenvalue weighted by Crippen LogP contribution is 2.15. The lowest BCUT2D eigenvalue weighted by Gasteiger charge is -2.17. The maximum absolute atomic E-state index is 12.5. The maximum atomic E-state index is 12.5. The molecule has 1 fully saturated rings. The van der Waals surface area contributed by atoms with Crippen molar-refractivity contribution in [3.8, 4) is 0 Å². The van der Waals surface area contributed by atoms with Crippen LogP contribution in [0.1, 0.15) is 142 Å². The van der Waals surface area contributed by atoms with Crippen molar-refractivity contribution in [1.82, 2.24) is 15.7 Å². The van der Waals surface area contributed by atoms with Crippen LogP contribution in [0.4, 0.5) is 0 Å². The van der Waals surface area contributed by atoms with E-state index in [0.717, 1.165) is 70.6 Å². The zero-order valence-electron chi connectivity index (χ0n) is 27.9. The van der Waals surface area contributed by atoms with Gasteiger partial charge in [0.15, 0.2) is 0 Å². The molecule has 0 unspecified atom stereocenters. The molecule has 0 spiro atoms. The van der Waals surface area contributed by atoms with Crippen molar-refractivity contribution in [2.45, 2.75) is 148 Å². The number of imide groups is 1. The third kappa shape index (κ3) is 19.8. The molecule has 0 bridgehead atoms. The number of hydrogen-bond donors (Lipinski definition) is 2. The van der Waals surface area contributed by atoms with E-state index in [1.807, 2.05) is 13.8 Å². The predicted octanol–water partition coefficient (Wildman–Crippen LogP) is 4.34. The van der Waals surface area contributed by atoms with Crippen LogP contribution in [0, 0.1) is 0 Å². The number of carbonyl (C=O) groups is 7. The van der Waals surface area contributed by atoms with Gasteiger partial charge in [-0.3, -0.25) is 24.0 Å². The number of hydrogen-bond acceptors (Lipinski definition) is 10. The third-order valence-corrected chi connectivity index (χ3v) is 7.42. The summed E-state index contributed by atoms with van der Waals surface area (Å²) < 4.78 is 10.4. The number of carbonyl (C=O) groups excluding carboxylic acids is 7. The Morgan fingerprint density at radius 1 is 0.652 bits per heavy atom. The van der Waals surface area contributed by atoms with E-state index in [9.17, 15) is 33.6 Å². The van der Waals surface area contributed by atoms with Crippen molar-refractivity contribution >= 4 is 41.5 Å². The van der Waals surface area contributed by atoms with Crippen LogP contribution in [0.5, 0.6) is 0 Å². The summed E-state index contributed by atoms with van der Waals surface area (Å²) in [5.74, 6) is -3.21. The second-order valence-corrected chi connectivity index (χ2v) is 11.6. The molecule has 1 rings (SSSR count). The quantitative estimate of drug-likeness (QED) is 0.0737. The molecule has 1 atom stereocenters. The maximum Gasteiger partial charge on any atom is 0.333 e. The molecule has 13 heteroatoms. The van der Waals surface area contributed by atoms with Gasteiger partial charge in [-0.2, -0.15) is 0 Å². The van der Waals surface area contributed by atoms with Crippen LogP contribution in [0.3, 0.4) is 0 Å². The normalized spacial score (nSPS) is 13.3. The molecule has 1 aliphatic heterocycles. The van der Waals surface area contributed by atoms with Crippen LogP contribution in [-0.4, -0.2) is 72.4 Å². The van der Waals surface area contributed by atoms with Crippen LogP contribution in [-0.2, 0) is 47.9 Å². The average molecular weight is 654 g/mol. The van der Waals surface area contributed by atoms with Gasteiger partial charge in [0, 0.05) is 45.1 Å². The first-order valence-electron chi connectivity index (χ1n) is 17.1. The Labute approximate surface area is 273 Å². The molecule has 0 aliphatic carbocycles. The van der Waals surface area contributed by atoms with Crippen molar-refractivity contribution < 1.29 is 47.9 Å². The fourth-order valence-electron chi connectivity index (χ4n) is 4.58. The number of esters is 2. The van der Waals surface area contributed by atoms with Crippen LogP contribution >= 0.6 is 0 Å². The molecule has 4 amide bonds. The first-order chi connectivity index (χ1) is 22.2. The van der Waals surface area contributed by atoms with Crippen molar-refractivity contribution in [1.29, 1.82) is 0 Å². The monoisotopic (exact) mass is 653 g/mol. The Kier molecular flexibility index (Phi) is 22.6. The molecule has 0 aromatic rings. The molecule has 13 nitrogen and oxygen atoms in total. The van der Waals surface area contributed by atoms with E-state index in [0.29, 0.717) is 31.1 Å². The lowest BCUT2D eigenvalue weighted by atomic mass is 10.1. The summed E-state index contributed by atoms with van der Waals surface area (Å²) in [7, 11) is 0. The van der Waals surface area contributed by atoms with Gasteiger partial charge in [0.25, 0.3) is 11.8 Å². The minimum absolute atomic E-state index is 0.00524. The number of amides is 4. The lowest BCUT2D eigenvalue weighted by Crippen LogP contribution is -2.42. The standard InChI is InChI=1S/C33H55N3O10/c1-3-5-24-44-31(41)22-17-26(33(43)45-25-6-4-2)35-28(38)19-18-27(37)34-23-15-13-11-9-7-8-10-12-14-16-32(42)46-36-29(39)20-21-30(36)40/h26H,3-25H2,1-2H3,(H,34,37)(H,35,38)/t26-/m0/s1. The Morgan fingerprint density at radius 3 is 1.80 bits per heavy atom. The van der Waals surface area contributed by atoms with E-state index >= 15 is 0 Å². The van der Waals surface area contributed by atoms with Gasteiger partial charge in [-0.15, -0.1) is 5.06 Å². The SMILES string of the molecule is CCCCOC(=O)CC[C@H](NC(=O)CCC(=O)NCCCCCCCCCCCC(=O)ON1C(=O)CCC1=O)C(=O)OCCCC. The summed E-state index contributed by atoms with van der Waals surface area (Å²) in [6, 6.07) is -0.976. The lowest BCUT2D eigenvalue weighted by molar-refractivity contribution is -0.197. The molecule has 1 aliphatic rings. The zero-order chi connectivity index (χ0) is 34.0. The van der Waals surface area contributed by atoms with Crippen LogP contribution in [0.15, 0.2) is 0 Å². The van der Waals surface area contributed by atoms with E-state index in [1.165, 1.54) is 0 Å². The van der Waals surface area contributed by atoms with Crippen molar-refractivity contribution in [2.24, 2.45) is 0 Å². The first-order valence-corrected chi connectivity index (χ1v) is 17.1. The van der Waals surface area contributed by atoms with Gasteiger partial charge in [-0.25, -0.2) is 9.59 Å². The van der Waals surface area contributed by atoms with Crippen LogP contribution < -0.4 is 10.6 Å². The fourth-order valence-corrected chi connectivity index (χ4v) is 4.58. The van der Waals surface area contributed by atoms with E-state index in [2.05, 4.69) is 10.6 Å². The van der Waals surface area contributed by atoms with Gasteiger partial charge in [-0.05, 0) is 32.1 Å². The number of hydroxylamine groups is 2. The van der Waals surface area contributed by atoms with Crippen LogP contribution in [0.2, 0.25) is 0 Å². The van der Waals surface area contributed by atoms with Gasteiger partial charge >= 0.3 is 17.9 Å². The van der Waals surface area contributed by atoms with Crippen molar-refractivity contribution in [3.05, 3.63) is 0 Å². The molecular weight excluding hydrogens is 598 g/mol. The minimum Gasteiger partial charge on any atom is -0.466 e. The Balaban J connectivity index is 2.10. The fraction of sp³-hybridized carbons (Fsp3) is 0.788. The molecule has 2 N–H and O–H groups in total. The Morgan fingerprint density at radius 2 is 1.20 bits per heavy atom. The van der Waals surface area contributed by atoms with E-state index in [1.54, 1.807) is 0 Å². The molecule has 1 saturated heterocycles. The summed E-state index contributed by atoms with van der Waals surface area (Å²) in [6.07, 6.45) is 12.1. The van der Waals surface area contributed by atoms with Gasteiger partial charge < -0.3 is 24.9 Å². The molecule has 0 aromatic heterocycles. The van der Waals surface area contributed by atoms with E-state index < -0.39 is 41.7 Å². The highest BCUT2D eigenvalue weighted by atomic mass is 16.7. The molecule has 0 saturated carbocycles. The average Bonchev–Trinajstić information content (AvgIpc) is 3.34. The minimum atomic E-state index is -0.976. The number of rotatable bonds is 27. The second-order valence-electron chi connectivity index (χ2n) is 11.6. The largest absolute Gasteiger partial charge is 0.466 e. The van der Waals surface area contributed by atoms with Gasteiger partial charge in [0.2, 0.25) is 11.8 Å². The number of nitrogens with zero attached hydrogens (tertiary/aromatic N) is 1. The molecule has 262 valence electrons. The van der Waals surface area contributed by atoms with E-state index in [-0.39, 0.29) is 57.5 Å². The summed E-state index contributed by atoms with van der Waals surface area (Å²) in [5.41, 5.74) is 0. The molecule has 0 radical (unpaired) electrons. The molecule has 1 heterocycles. The van der Waals surface area contributed by atoms with Gasteiger partial charge in [0.05, 0.1) is 13.2 Å². The summed E-state index contributed by atoms with van der Waals surface area (Å²) in [6.45, 7) is 5.04. The number of nitrogens with one attached hydrogen (secondary N) is 2.